The standard InChI is InChI=1S/C28H27BrN2O3/c1-4-15-32-22-10-7-20(8-11-22)28-31-26(24-16-21(29)9-14-27(24)34-28)17-25(30-31)19-5-12-23(13-6-19)33-18(2)3/h4-14,16,18,26,28H,1,15,17H2,2-3H3/t26-,28+/m0/s1. The number of hydrogen-bond donors (Lipinski definition) is 0. The summed E-state index contributed by atoms with van der Waals surface area (Å²) in [6, 6.07) is 22.4. The van der Waals surface area contributed by atoms with Crippen LogP contribution < -0.4 is 14.2 Å². The highest BCUT2D eigenvalue weighted by molar-refractivity contribution is 9.10. The van der Waals surface area contributed by atoms with Crippen molar-refractivity contribution in [2.75, 3.05) is 6.61 Å². The summed E-state index contributed by atoms with van der Waals surface area (Å²) >= 11 is 3.62. The Labute approximate surface area is 208 Å². The highest BCUT2D eigenvalue weighted by atomic mass is 79.9. The van der Waals surface area contributed by atoms with Gasteiger partial charge in [-0.1, -0.05) is 28.6 Å². The van der Waals surface area contributed by atoms with E-state index in [0.717, 1.165) is 50.5 Å². The Kier molecular flexibility index (Phi) is 6.33. The summed E-state index contributed by atoms with van der Waals surface area (Å²) in [5.41, 5.74) is 4.28. The minimum Gasteiger partial charge on any atom is -0.491 e. The first-order valence-corrected chi connectivity index (χ1v) is 12.2. The minimum atomic E-state index is -0.326. The van der Waals surface area contributed by atoms with Gasteiger partial charge in [0.25, 0.3) is 0 Å². The van der Waals surface area contributed by atoms with Crippen molar-refractivity contribution < 1.29 is 14.2 Å². The molecule has 2 heterocycles. The van der Waals surface area contributed by atoms with Crippen molar-refractivity contribution in [2.45, 2.75) is 38.6 Å². The number of hydrogen-bond acceptors (Lipinski definition) is 5. The van der Waals surface area contributed by atoms with E-state index in [-0.39, 0.29) is 18.4 Å². The van der Waals surface area contributed by atoms with Crippen LogP contribution in [0.25, 0.3) is 0 Å². The Morgan fingerprint density at radius 2 is 1.82 bits per heavy atom. The van der Waals surface area contributed by atoms with Gasteiger partial charge < -0.3 is 14.2 Å². The molecule has 2 aliphatic heterocycles. The predicted molar refractivity (Wildman–Crippen MR) is 138 cm³/mol. The third kappa shape index (κ3) is 4.55. The van der Waals surface area contributed by atoms with Gasteiger partial charge in [0.1, 0.15) is 23.9 Å². The molecule has 0 N–H and O–H groups in total. The van der Waals surface area contributed by atoms with Crippen molar-refractivity contribution in [1.82, 2.24) is 5.01 Å². The summed E-state index contributed by atoms with van der Waals surface area (Å²) in [4.78, 5) is 0. The first-order chi connectivity index (χ1) is 16.5. The van der Waals surface area contributed by atoms with Gasteiger partial charge in [-0.05, 0) is 86.1 Å². The molecule has 0 amide bonds. The zero-order chi connectivity index (χ0) is 23.7. The topological polar surface area (TPSA) is 43.3 Å². The van der Waals surface area contributed by atoms with E-state index in [1.54, 1.807) is 6.08 Å². The van der Waals surface area contributed by atoms with Crippen LogP contribution in [0.3, 0.4) is 0 Å². The summed E-state index contributed by atoms with van der Waals surface area (Å²) in [5.74, 6) is 2.55. The number of benzene rings is 3. The van der Waals surface area contributed by atoms with Crippen molar-refractivity contribution in [3.8, 4) is 17.2 Å². The van der Waals surface area contributed by atoms with Crippen LogP contribution >= 0.6 is 15.9 Å². The van der Waals surface area contributed by atoms with E-state index in [2.05, 4.69) is 45.7 Å². The lowest BCUT2D eigenvalue weighted by Gasteiger charge is -2.38. The van der Waals surface area contributed by atoms with Crippen LogP contribution in [0.15, 0.2) is 89.0 Å². The molecular weight excluding hydrogens is 492 g/mol. The molecule has 0 aromatic heterocycles. The first kappa shape index (κ1) is 22.5. The predicted octanol–water partition coefficient (Wildman–Crippen LogP) is 7.04. The molecule has 0 radical (unpaired) electrons. The van der Waals surface area contributed by atoms with Gasteiger partial charge in [-0.25, -0.2) is 5.01 Å². The second-order valence-corrected chi connectivity index (χ2v) is 9.57. The summed E-state index contributed by atoms with van der Waals surface area (Å²) in [7, 11) is 0. The Morgan fingerprint density at radius 3 is 2.53 bits per heavy atom. The van der Waals surface area contributed by atoms with Crippen LogP contribution in [-0.2, 0) is 0 Å². The van der Waals surface area contributed by atoms with Gasteiger partial charge in [0, 0.05) is 22.0 Å². The van der Waals surface area contributed by atoms with Gasteiger partial charge in [0.2, 0.25) is 6.23 Å². The van der Waals surface area contributed by atoms with Crippen molar-refractivity contribution in [3.05, 3.63) is 101 Å². The summed E-state index contributed by atoms with van der Waals surface area (Å²) < 4.78 is 19.0. The number of hydrazone groups is 1. The Morgan fingerprint density at radius 1 is 1.09 bits per heavy atom. The van der Waals surface area contributed by atoms with Crippen molar-refractivity contribution in [3.63, 3.8) is 0 Å². The number of halogens is 1. The van der Waals surface area contributed by atoms with Crippen LogP contribution in [0, 0.1) is 0 Å². The van der Waals surface area contributed by atoms with Gasteiger partial charge in [0.15, 0.2) is 0 Å². The third-order valence-electron chi connectivity index (χ3n) is 5.84. The van der Waals surface area contributed by atoms with E-state index >= 15 is 0 Å². The molecule has 0 saturated carbocycles. The zero-order valence-electron chi connectivity index (χ0n) is 19.3. The molecule has 5 nitrogen and oxygen atoms in total. The maximum Gasteiger partial charge on any atom is 0.213 e. The first-order valence-electron chi connectivity index (χ1n) is 11.4. The monoisotopic (exact) mass is 518 g/mol. The van der Waals surface area contributed by atoms with Crippen LogP contribution in [-0.4, -0.2) is 23.4 Å². The van der Waals surface area contributed by atoms with Gasteiger partial charge in [-0.15, -0.1) is 0 Å². The molecule has 0 saturated heterocycles. The molecule has 3 aromatic carbocycles. The molecule has 0 bridgehead atoms. The second kappa shape index (κ2) is 9.55. The molecule has 2 atom stereocenters. The van der Waals surface area contributed by atoms with Crippen molar-refractivity contribution >= 4 is 21.6 Å². The number of nitrogens with zero attached hydrogens (tertiary/aromatic N) is 2. The van der Waals surface area contributed by atoms with Crippen LogP contribution in [0.4, 0.5) is 0 Å². The second-order valence-electron chi connectivity index (χ2n) is 8.66. The Hall–Kier alpha value is -3.25. The summed E-state index contributed by atoms with van der Waals surface area (Å²) in [6.07, 6.45) is 2.35. The normalized spacial score (nSPS) is 18.6. The molecule has 5 rings (SSSR count). The highest BCUT2D eigenvalue weighted by Crippen LogP contribution is 2.48. The average molecular weight is 519 g/mol. The Balaban J connectivity index is 1.47. The van der Waals surface area contributed by atoms with Gasteiger partial charge in [-0.2, -0.15) is 5.10 Å². The molecule has 6 heteroatoms. The number of rotatable bonds is 7. The van der Waals surface area contributed by atoms with Gasteiger partial charge in [0.05, 0.1) is 17.9 Å². The molecule has 0 spiro atoms. The van der Waals surface area contributed by atoms with E-state index in [9.17, 15) is 0 Å². The van der Waals surface area contributed by atoms with Crippen molar-refractivity contribution in [1.29, 1.82) is 0 Å². The maximum atomic E-state index is 6.48. The smallest absolute Gasteiger partial charge is 0.213 e. The van der Waals surface area contributed by atoms with Gasteiger partial charge in [-0.3, -0.25) is 0 Å². The molecule has 0 aliphatic carbocycles. The third-order valence-corrected chi connectivity index (χ3v) is 6.34. The molecule has 2 aliphatic rings. The van der Waals surface area contributed by atoms with Crippen molar-refractivity contribution in [2.24, 2.45) is 5.10 Å². The fourth-order valence-electron chi connectivity index (χ4n) is 4.33. The molecule has 3 aromatic rings. The SMILES string of the molecule is C=CCOc1ccc([C@H]2Oc3ccc(Br)cc3[C@@H]3CC(c4ccc(OC(C)C)cc4)=NN23)cc1. The Bertz CT molecular complexity index is 1210. The van der Waals surface area contributed by atoms with E-state index in [4.69, 9.17) is 19.3 Å². The fraction of sp³-hybridized carbons (Fsp3) is 0.250. The lowest BCUT2D eigenvalue weighted by atomic mass is 9.96. The lowest BCUT2D eigenvalue weighted by molar-refractivity contribution is -0.0191. The largest absolute Gasteiger partial charge is 0.491 e. The van der Waals surface area contributed by atoms with E-state index in [0.29, 0.717) is 6.61 Å². The molecule has 34 heavy (non-hydrogen) atoms. The zero-order valence-corrected chi connectivity index (χ0v) is 20.9. The highest BCUT2D eigenvalue weighted by Gasteiger charge is 2.41. The lowest BCUT2D eigenvalue weighted by Crippen LogP contribution is -2.33. The molecule has 0 fully saturated rings. The summed E-state index contributed by atoms with van der Waals surface area (Å²) in [6.45, 7) is 8.24. The van der Waals surface area contributed by atoms with Crippen LogP contribution in [0.1, 0.15) is 49.2 Å². The number of fused-ring (bicyclic) bond motifs is 3. The number of ether oxygens (including phenoxy) is 3. The van der Waals surface area contributed by atoms with E-state index in [1.807, 2.05) is 62.4 Å². The van der Waals surface area contributed by atoms with Crippen LogP contribution in [0.5, 0.6) is 17.2 Å². The minimum absolute atomic E-state index is 0.0875. The molecular formula is C28H27BrN2O3. The quantitative estimate of drug-likeness (QED) is 0.314. The maximum absolute atomic E-state index is 6.48. The molecule has 174 valence electrons. The fourth-order valence-corrected chi connectivity index (χ4v) is 4.71. The summed E-state index contributed by atoms with van der Waals surface area (Å²) in [5, 5.41) is 7.14. The average Bonchev–Trinajstić information content (AvgIpc) is 3.29. The van der Waals surface area contributed by atoms with E-state index < -0.39 is 0 Å². The van der Waals surface area contributed by atoms with Gasteiger partial charge >= 0.3 is 0 Å². The van der Waals surface area contributed by atoms with Crippen LogP contribution in [0.2, 0.25) is 0 Å². The van der Waals surface area contributed by atoms with E-state index in [1.165, 1.54) is 0 Å². The molecule has 0 unspecified atom stereocenters.